The standard InChI is InChI=1S/C13H17F4NO/c1-10-8-12(14)3-2-11(10)4-5-18-6-7-19-9-13(15,16)17/h2-3,8,18H,4-7,9H2,1H3. The molecule has 0 aliphatic heterocycles. The molecular formula is C13H17F4NO. The second kappa shape index (κ2) is 7.45. The number of ether oxygens (including phenoxy) is 1. The molecular weight excluding hydrogens is 262 g/mol. The van der Waals surface area contributed by atoms with E-state index in [0.717, 1.165) is 11.1 Å². The first-order valence-electron chi connectivity index (χ1n) is 5.99. The van der Waals surface area contributed by atoms with E-state index < -0.39 is 12.8 Å². The quantitative estimate of drug-likeness (QED) is 0.612. The molecule has 0 amide bonds. The number of hydrogen-bond acceptors (Lipinski definition) is 2. The molecule has 1 rings (SSSR count). The van der Waals surface area contributed by atoms with Crippen molar-refractivity contribution in [3.8, 4) is 0 Å². The van der Waals surface area contributed by atoms with E-state index in [1.807, 2.05) is 6.92 Å². The number of benzene rings is 1. The summed E-state index contributed by atoms with van der Waals surface area (Å²) in [5.74, 6) is -0.269. The number of aryl methyl sites for hydroxylation is 1. The van der Waals surface area contributed by atoms with Gasteiger partial charge in [0.25, 0.3) is 0 Å². The lowest BCUT2D eigenvalue weighted by atomic mass is 10.1. The van der Waals surface area contributed by atoms with Crippen molar-refractivity contribution < 1.29 is 22.3 Å². The smallest absolute Gasteiger partial charge is 0.371 e. The Balaban J connectivity index is 2.11. The van der Waals surface area contributed by atoms with Crippen LogP contribution in [-0.4, -0.2) is 32.5 Å². The number of nitrogens with one attached hydrogen (secondary N) is 1. The lowest BCUT2D eigenvalue weighted by Crippen LogP contribution is -2.25. The van der Waals surface area contributed by atoms with E-state index in [2.05, 4.69) is 10.1 Å². The molecule has 0 saturated carbocycles. The van der Waals surface area contributed by atoms with E-state index in [0.29, 0.717) is 19.5 Å². The van der Waals surface area contributed by atoms with E-state index in [1.165, 1.54) is 12.1 Å². The molecule has 0 spiro atoms. The second-order valence-corrected chi connectivity index (χ2v) is 4.24. The average molecular weight is 279 g/mol. The molecule has 0 fully saturated rings. The minimum atomic E-state index is -4.27. The van der Waals surface area contributed by atoms with Crippen molar-refractivity contribution in [2.45, 2.75) is 19.5 Å². The Morgan fingerprint density at radius 2 is 1.95 bits per heavy atom. The zero-order chi connectivity index (χ0) is 14.3. The van der Waals surface area contributed by atoms with Crippen LogP contribution in [0.25, 0.3) is 0 Å². The first-order valence-corrected chi connectivity index (χ1v) is 5.99. The zero-order valence-corrected chi connectivity index (χ0v) is 10.7. The van der Waals surface area contributed by atoms with Crippen LogP contribution in [0.4, 0.5) is 17.6 Å². The van der Waals surface area contributed by atoms with E-state index in [1.54, 1.807) is 6.07 Å². The summed E-state index contributed by atoms with van der Waals surface area (Å²) in [6.45, 7) is 1.59. The zero-order valence-electron chi connectivity index (χ0n) is 10.7. The van der Waals surface area contributed by atoms with Crippen LogP contribution in [0.5, 0.6) is 0 Å². The highest BCUT2D eigenvalue weighted by Gasteiger charge is 2.27. The van der Waals surface area contributed by atoms with Crippen LogP contribution < -0.4 is 5.32 Å². The Morgan fingerprint density at radius 3 is 2.58 bits per heavy atom. The Hall–Kier alpha value is -1.14. The lowest BCUT2D eigenvalue weighted by Gasteiger charge is -2.09. The van der Waals surface area contributed by atoms with Crippen LogP contribution in [0.15, 0.2) is 18.2 Å². The molecule has 1 aromatic rings. The molecule has 0 aliphatic rings. The van der Waals surface area contributed by atoms with Crippen LogP contribution in [0.1, 0.15) is 11.1 Å². The predicted molar refractivity (Wildman–Crippen MR) is 64.6 cm³/mol. The van der Waals surface area contributed by atoms with Gasteiger partial charge >= 0.3 is 6.18 Å². The molecule has 2 nitrogen and oxygen atoms in total. The van der Waals surface area contributed by atoms with Crippen LogP contribution in [0.3, 0.4) is 0 Å². The fraction of sp³-hybridized carbons (Fsp3) is 0.538. The number of rotatable bonds is 7. The number of hydrogen-bond donors (Lipinski definition) is 1. The molecule has 0 aromatic heterocycles. The summed E-state index contributed by atoms with van der Waals surface area (Å²) < 4.78 is 52.6. The molecule has 6 heteroatoms. The fourth-order valence-electron chi connectivity index (χ4n) is 1.62. The fourth-order valence-corrected chi connectivity index (χ4v) is 1.62. The highest BCUT2D eigenvalue weighted by molar-refractivity contribution is 5.26. The molecule has 19 heavy (non-hydrogen) atoms. The SMILES string of the molecule is Cc1cc(F)ccc1CCNCCOCC(F)(F)F. The van der Waals surface area contributed by atoms with E-state index in [9.17, 15) is 17.6 Å². The molecule has 0 saturated heterocycles. The van der Waals surface area contributed by atoms with Crippen molar-refractivity contribution in [3.63, 3.8) is 0 Å². The summed E-state index contributed by atoms with van der Waals surface area (Å²) in [6.07, 6.45) is -3.57. The Bertz CT molecular complexity index is 393. The summed E-state index contributed by atoms with van der Waals surface area (Å²) >= 11 is 0. The van der Waals surface area contributed by atoms with Gasteiger partial charge in [0.1, 0.15) is 12.4 Å². The largest absolute Gasteiger partial charge is 0.411 e. The Labute approximate surface area is 109 Å². The third kappa shape index (κ3) is 7.12. The van der Waals surface area contributed by atoms with Gasteiger partial charge < -0.3 is 10.1 Å². The average Bonchev–Trinajstić information content (AvgIpc) is 2.29. The molecule has 1 aromatic carbocycles. The Morgan fingerprint density at radius 1 is 1.21 bits per heavy atom. The predicted octanol–water partition coefficient (Wildman–Crippen LogP) is 2.85. The molecule has 108 valence electrons. The molecule has 0 atom stereocenters. The van der Waals surface area contributed by atoms with Crippen molar-refractivity contribution in [2.75, 3.05) is 26.3 Å². The van der Waals surface area contributed by atoms with Gasteiger partial charge in [0, 0.05) is 6.54 Å². The summed E-state index contributed by atoms with van der Waals surface area (Å²) in [6, 6.07) is 4.57. The summed E-state index contributed by atoms with van der Waals surface area (Å²) in [7, 11) is 0. The van der Waals surface area contributed by atoms with Crippen molar-refractivity contribution >= 4 is 0 Å². The van der Waals surface area contributed by atoms with Gasteiger partial charge in [-0.1, -0.05) is 6.07 Å². The summed E-state index contributed by atoms with van der Waals surface area (Å²) in [4.78, 5) is 0. The van der Waals surface area contributed by atoms with Crippen LogP contribution >= 0.6 is 0 Å². The maximum atomic E-state index is 12.8. The topological polar surface area (TPSA) is 21.3 Å². The summed E-state index contributed by atoms with van der Waals surface area (Å²) in [5, 5.41) is 2.98. The molecule has 0 radical (unpaired) electrons. The maximum absolute atomic E-state index is 12.8. The minimum absolute atomic E-state index is 0.0158. The first kappa shape index (κ1) is 15.9. The van der Waals surface area contributed by atoms with Crippen molar-refractivity contribution in [3.05, 3.63) is 35.1 Å². The molecule has 0 unspecified atom stereocenters. The second-order valence-electron chi connectivity index (χ2n) is 4.24. The first-order chi connectivity index (χ1) is 8.88. The highest BCUT2D eigenvalue weighted by atomic mass is 19.4. The minimum Gasteiger partial charge on any atom is -0.371 e. The van der Waals surface area contributed by atoms with Gasteiger partial charge in [0.2, 0.25) is 0 Å². The van der Waals surface area contributed by atoms with Gasteiger partial charge in [0.05, 0.1) is 6.61 Å². The van der Waals surface area contributed by atoms with Gasteiger partial charge in [-0.2, -0.15) is 13.2 Å². The van der Waals surface area contributed by atoms with Gasteiger partial charge in [-0.15, -0.1) is 0 Å². The Kier molecular flexibility index (Phi) is 6.24. The van der Waals surface area contributed by atoms with E-state index in [-0.39, 0.29) is 12.4 Å². The normalized spacial score (nSPS) is 11.8. The monoisotopic (exact) mass is 279 g/mol. The number of halogens is 4. The maximum Gasteiger partial charge on any atom is 0.411 e. The van der Waals surface area contributed by atoms with Crippen LogP contribution in [0, 0.1) is 12.7 Å². The number of alkyl halides is 3. The van der Waals surface area contributed by atoms with Gasteiger partial charge in [-0.05, 0) is 43.1 Å². The lowest BCUT2D eigenvalue weighted by molar-refractivity contribution is -0.173. The molecule has 0 heterocycles. The van der Waals surface area contributed by atoms with E-state index in [4.69, 9.17) is 0 Å². The third-order valence-corrected chi connectivity index (χ3v) is 2.56. The van der Waals surface area contributed by atoms with E-state index >= 15 is 0 Å². The van der Waals surface area contributed by atoms with Gasteiger partial charge in [0.15, 0.2) is 0 Å². The van der Waals surface area contributed by atoms with Crippen molar-refractivity contribution in [1.29, 1.82) is 0 Å². The molecule has 0 aliphatic carbocycles. The third-order valence-electron chi connectivity index (χ3n) is 2.56. The molecule has 0 bridgehead atoms. The molecule has 1 N–H and O–H groups in total. The van der Waals surface area contributed by atoms with Crippen LogP contribution in [0.2, 0.25) is 0 Å². The van der Waals surface area contributed by atoms with Crippen molar-refractivity contribution in [1.82, 2.24) is 5.32 Å². The summed E-state index contributed by atoms with van der Waals surface area (Å²) in [5.41, 5.74) is 1.89. The van der Waals surface area contributed by atoms with Crippen LogP contribution in [-0.2, 0) is 11.2 Å². The van der Waals surface area contributed by atoms with Gasteiger partial charge in [-0.25, -0.2) is 4.39 Å². The van der Waals surface area contributed by atoms with Crippen molar-refractivity contribution in [2.24, 2.45) is 0 Å². The van der Waals surface area contributed by atoms with Gasteiger partial charge in [-0.3, -0.25) is 0 Å². The highest BCUT2D eigenvalue weighted by Crippen LogP contribution is 2.14.